The van der Waals surface area contributed by atoms with Crippen LogP contribution in [0.25, 0.3) is 0 Å². The number of nitrogens with one attached hydrogen (secondary N) is 1. The molecule has 112 valence electrons. The van der Waals surface area contributed by atoms with Crippen molar-refractivity contribution in [2.75, 3.05) is 41.5 Å². The molecule has 1 N–H and O–H groups in total. The average molecular weight is 280 g/mol. The first-order valence-corrected chi connectivity index (χ1v) is 6.88. The summed E-state index contributed by atoms with van der Waals surface area (Å²) < 4.78 is 16.1. The van der Waals surface area contributed by atoms with Crippen LogP contribution in [0.1, 0.15) is 12.0 Å². The van der Waals surface area contributed by atoms with E-state index in [4.69, 9.17) is 14.2 Å². The van der Waals surface area contributed by atoms with Crippen molar-refractivity contribution in [2.45, 2.75) is 19.0 Å². The number of ether oxygens (including phenoxy) is 3. The summed E-state index contributed by atoms with van der Waals surface area (Å²) in [5.41, 5.74) is 1.08. The Morgan fingerprint density at radius 2 is 1.75 bits per heavy atom. The Bertz CT molecular complexity index is 451. The average Bonchev–Trinajstić information content (AvgIpc) is 2.89. The van der Waals surface area contributed by atoms with E-state index >= 15 is 0 Å². The van der Waals surface area contributed by atoms with Crippen LogP contribution in [0.4, 0.5) is 0 Å². The lowest BCUT2D eigenvalue weighted by atomic mass is 10.1. The van der Waals surface area contributed by atoms with E-state index < -0.39 is 0 Å². The maximum absolute atomic E-state index is 5.44. The lowest BCUT2D eigenvalue weighted by Gasteiger charge is -2.17. The van der Waals surface area contributed by atoms with Crippen LogP contribution in [-0.4, -0.2) is 52.4 Å². The van der Waals surface area contributed by atoms with Crippen molar-refractivity contribution in [1.29, 1.82) is 0 Å². The van der Waals surface area contributed by atoms with E-state index in [2.05, 4.69) is 17.3 Å². The predicted molar refractivity (Wildman–Crippen MR) is 78.8 cm³/mol. The second-order valence-electron chi connectivity index (χ2n) is 5.15. The molecule has 1 unspecified atom stereocenters. The molecule has 1 atom stereocenters. The molecule has 0 bridgehead atoms. The van der Waals surface area contributed by atoms with E-state index in [0.29, 0.717) is 11.8 Å². The third-order valence-electron chi connectivity index (χ3n) is 3.76. The number of likely N-dealkylation sites (tertiary alicyclic amines) is 1. The fourth-order valence-corrected chi connectivity index (χ4v) is 2.59. The number of benzene rings is 1. The van der Waals surface area contributed by atoms with E-state index in [1.54, 1.807) is 21.3 Å². The van der Waals surface area contributed by atoms with Gasteiger partial charge in [-0.05, 0) is 26.1 Å². The molecular weight excluding hydrogens is 256 g/mol. The predicted octanol–water partition coefficient (Wildman–Crippen LogP) is 1.51. The normalized spacial score (nSPS) is 19.1. The van der Waals surface area contributed by atoms with E-state index in [1.807, 2.05) is 12.1 Å². The summed E-state index contributed by atoms with van der Waals surface area (Å²) in [5, 5.41) is 3.57. The molecule has 2 rings (SSSR count). The zero-order chi connectivity index (χ0) is 14.5. The highest BCUT2D eigenvalue weighted by Crippen LogP contribution is 2.34. The van der Waals surface area contributed by atoms with Gasteiger partial charge in [0.1, 0.15) is 5.75 Å². The first-order chi connectivity index (χ1) is 9.67. The van der Waals surface area contributed by atoms with Crippen molar-refractivity contribution in [3.63, 3.8) is 0 Å². The highest BCUT2D eigenvalue weighted by molar-refractivity contribution is 5.50. The van der Waals surface area contributed by atoms with Gasteiger partial charge in [-0.3, -0.25) is 0 Å². The number of nitrogens with zero attached hydrogens (tertiary/aromatic N) is 1. The van der Waals surface area contributed by atoms with Crippen molar-refractivity contribution >= 4 is 0 Å². The van der Waals surface area contributed by atoms with Gasteiger partial charge in [0.15, 0.2) is 11.5 Å². The van der Waals surface area contributed by atoms with Gasteiger partial charge in [-0.2, -0.15) is 0 Å². The summed E-state index contributed by atoms with van der Waals surface area (Å²) in [6.07, 6.45) is 1.19. The van der Waals surface area contributed by atoms with Crippen LogP contribution in [0.15, 0.2) is 12.1 Å². The Morgan fingerprint density at radius 1 is 1.10 bits per heavy atom. The Hall–Kier alpha value is -1.46. The summed E-state index contributed by atoms with van der Waals surface area (Å²) in [7, 11) is 7.10. The van der Waals surface area contributed by atoms with Gasteiger partial charge in [-0.25, -0.2) is 0 Å². The van der Waals surface area contributed by atoms with Crippen molar-refractivity contribution in [3.05, 3.63) is 17.7 Å². The smallest absolute Gasteiger partial charge is 0.164 e. The molecule has 1 fully saturated rings. The number of hydrogen-bond donors (Lipinski definition) is 1. The van der Waals surface area contributed by atoms with Crippen molar-refractivity contribution in [1.82, 2.24) is 10.2 Å². The zero-order valence-corrected chi connectivity index (χ0v) is 12.7. The van der Waals surface area contributed by atoms with Gasteiger partial charge < -0.3 is 24.4 Å². The van der Waals surface area contributed by atoms with E-state index in [9.17, 15) is 0 Å². The van der Waals surface area contributed by atoms with Crippen LogP contribution in [0, 0.1) is 0 Å². The molecule has 1 aromatic rings. The van der Waals surface area contributed by atoms with Gasteiger partial charge in [0.25, 0.3) is 0 Å². The standard InChI is InChI=1S/C15H24N2O3/c1-17-6-5-12(10-17)16-9-11-7-14(19-3)15(20-4)8-13(11)18-2/h7-8,12,16H,5-6,9-10H2,1-4H3. The monoisotopic (exact) mass is 280 g/mol. The molecule has 5 heteroatoms. The third-order valence-corrected chi connectivity index (χ3v) is 3.76. The molecule has 0 amide bonds. The largest absolute Gasteiger partial charge is 0.496 e. The molecule has 1 aliphatic heterocycles. The van der Waals surface area contributed by atoms with Gasteiger partial charge in [-0.1, -0.05) is 0 Å². The van der Waals surface area contributed by atoms with Crippen LogP contribution < -0.4 is 19.5 Å². The zero-order valence-electron chi connectivity index (χ0n) is 12.7. The maximum Gasteiger partial charge on any atom is 0.164 e. The number of methoxy groups -OCH3 is 3. The first-order valence-electron chi connectivity index (χ1n) is 6.88. The van der Waals surface area contributed by atoms with Gasteiger partial charge in [-0.15, -0.1) is 0 Å². The molecule has 0 radical (unpaired) electrons. The first kappa shape index (κ1) is 14.9. The van der Waals surface area contributed by atoms with Crippen LogP contribution in [0.2, 0.25) is 0 Å². The van der Waals surface area contributed by atoms with Gasteiger partial charge in [0.2, 0.25) is 0 Å². The molecular formula is C15H24N2O3. The van der Waals surface area contributed by atoms with Gasteiger partial charge >= 0.3 is 0 Å². The molecule has 1 heterocycles. The third kappa shape index (κ3) is 3.35. The Morgan fingerprint density at radius 3 is 2.30 bits per heavy atom. The molecule has 1 saturated heterocycles. The number of hydrogen-bond acceptors (Lipinski definition) is 5. The van der Waals surface area contributed by atoms with Crippen LogP contribution >= 0.6 is 0 Å². The maximum atomic E-state index is 5.44. The lowest BCUT2D eigenvalue weighted by molar-refractivity contribution is 0.346. The van der Waals surface area contributed by atoms with Crippen LogP contribution in [-0.2, 0) is 6.54 Å². The molecule has 1 aromatic carbocycles. The highest BCUT2D eigenvalue weighted by atomic mass is 16.5. The Balaban J connectivity index is 2.09. The van der Waals surface area contributed by atoms with Crippen LogP contribution in [0.3, 0.4) is 0 Å². The van der Waals surface area contributed by atoms with Crippen LogP contribution in [0.5, 0.6) is 17.2 Å². The summed E-state index contributed by atoms with van der Waals surface area (Å²) in [5.74, 6) is 2.24. The summed E-state index contributed by atoms with van der Waals surface area (Å²) >= 11 is 0. The minimum absolute atomic E-state index is 0.540. The van der Waals surface area contributed by atoms with E-state index in [1.165, 1.54) is 6.42 Å². The summed E-state index contributed by atoms with van der Waals surface area (Å²) in [6, 6.07) is 4.39. The SMILES string of the molecule is COc1cc(OC)c(OC)cc1CNC1CCN(C)C1. The molecule has 5 nitrogen and oxygen atoms in total. The second-order valence-corrected chi connectivity index (χ2v) is 5.15. The second kappa shape index (κ2) is 6.81. The number of likely N-dealkylation sites (N-methyl/N-ethyl adjacent to an activating group) is 1. The molecule has 0 saturated carbocycles. The van der Waals surface area contributed by atoms with Crippen molar-refractivity contribution < 1.29 is 14.2 Å². The molecule has 1 aliphatic rings. The minimum atomic E-state index is 0.540. The van der Waals surface area contributed by atoms with Gasteiger partial charge in [0, 0.05) is 30.8 Å². The Kier molecular flexibility index (Phi) is 5.09. The number of rotatable bonds is 6. The summed E-state index contributed by atoms with van der Waals surface area (Å²) in [6.45, 7) is 3.01. The van der Waals surface area contributed by atoms with E-state index in [-0.39, 0.29) is 0 Å². The fourth-order valence-electron chi connectivity index (χ4n) is 2.59. The molecule has 0 aliphatic carbocycles. The van der Waals surface area contributed by atoms with Crippen molar-refractivity contribution in [3.8, 4) is 17.2 Å². The van der Waals surface area contributed by atoms with Crippen molar-refractivity contribution in [2.24, 2.45) is 0 Å². The topological polar surface area (TPSA) is 43.0 Å². The summed E-state index contributed by atoms with van der Waals surface area (Å²) in [4.78, 5) is 2.34. The Labute approximate surface area is 120 Å². The highest BCUT2D eigenvalue weighted by Gasteiger charge is 2.19. The molecule has 0 spiro atoms. The molecule has 0 aromatic heterocycles. The van der Waals surface area contributed by atoms with E-state index in [0.717, 1.165) is 36.7 Å². The van der Waals surface area contributed by atoms with Gasteiger partial charge in [0.05, 0.1) is 21.3 Å². The quantitative estimate of drug-likeness (QED) is 0.855. The molecule has 20 heavy (non-hydrogen) atoms. The minimum Gasteiger partial charge on any atom is -0.496 e. The lowest BCUT2D eigenvalue weighted by Crippen LogP contribution is -2.31. The fraction of sp³-hybridized carbons (Fsp3) is 0.600.